The lowest BCUT2D eigenvalue weighted by Gasteiger charge is -2.13. The summed E-state index contributed by atoms with van der Waals surface area (Å²) in [4.78, 5) is 6.60. The molecule has 0 radical (unpaired) electrons. The Morgan fingerprint density at radius 1 is 1.07 bits per heavy atom. The summed E-state index contributed by atoms with van der Waals surface area (Å²) in [6, 6.07) is 11.2. The molecule has 27 heavy (non-hydrogen) atoms. The van der Waals surface area contributed by atoms with E-state index < -0.39 is 11.7 Å². The van der Waals surface area contributed by atoms with Crippen molar-refractivity contribution >= 4 is 22.6 Å². The van der Waals surface area contributed by atoms with E-state index in [9.17, 15) is 13.2 Å². The van der Waals surface area contributed by atoms with Gasteiger partial charge in [0.1, 0.15) is 5.82 Å². The smallest absolute Gasteiger partial charge is 0.328 e. The topological polar surface area (TPSA) is 21.1 Å². The van der Waals surface area contributed by atoms with Gasteiger partial charge in [-0.25, -0.2) is 4.98 Å². The molecular weight excluding hydrogens is 375 g/mol. The van der Waals surface area contributed by atoms with Crippen LogP contribution in [0.5, 0.6) is 0 Å². The first-order valence-electron chi connectivity index (χ1n) is 8.69. The third-order valence-corrected chi connectivity index (χ3v) is 4.67. The summed E-state index contributed by atoms with van der Waals surface area (Å²) in [5, 5.41) is 0.646. The molecule has 0 atom stereocenters. The normalized spacial score (nSPS) is 12.3. The number of aryl methyl sites for hydroxylation is 1. The highest BCUT2D eigenvalue weighted by atomic mass is 35.5. The fraction of sp³-hybridized carbons (Fsp3) is 0.350. The van der Waals surface area contributed by atoms with Crippen molar-refractivity contribution in [3.63, 3.8) is 0 Å². The first-order chi connectivity index (χ1) is 12.7. The van der Waals surface area contributed by atoms with Gasteiger partial charge in [-0.2, -0.15) is 13.2 Å². The largest absolute Gasteiger partial charge is 0.416 e. The maximum Gasteiger partial charge on any atom is 0.416 e. The van der Waals surface area contributed by atoms with Gasteiger partial charge in [-0.15, -0.1) is 0 Å². The number of halogens is 4. The second-order valence-electron chi connectivity index (χ2n) is 6.84. The van der Waals surface area contributed by atoms with E-state index >= 15 is 0 Å². The molecule has 0 unspecified atom stereocenters. The zero-order valence-electron chi connectivity index (χ0n) is 15.2. The fourth-order valence-electron chi connectivity index (χ4n) is 3.07. The standard InChI is InChI=1S/C20H21ClF3N3/c1-26(2)10-3-11-27-18-9-6-15(20(22,23)24)13-17(18)25-19(27)12-14-4-7-16(21)8-5-14/h4-9,13H,3,10-12H2,1-2H3. The van der Waals surface area contributed by atoms with E-state index in [4.69, 9.17) is 11.6 Å². The molecule has 0 N–H and O–H groups in total. The molecule has 0 aliphatic heterocycles. The van der Waals surface area contributed by atoms with Crippen molar-refractivity contribution in [2.24, 2.45) is 0 Å². The number of hydrogen-bond acceptors (Lipinski definition) is 2. The van der Waals surface area contributed by atoms with Gasteiger partial charge in [0, 0.05) is 18.0 Å². The third kappa shape index (κ3) is 4.82. The highest BCUT2D eigenvalue weighted by Gasteiger charge is 2.31. The van der Waals surface area contributed by atoms with Crippen LogP contribution in [-0.2, 0) is 19.1 Å². The van der Waals surface area contributed by atoms with Crippen LogP contribution in [-0.4, -0.2) is 35.1 Å². The Kier molecular flexibility index (Phi) is 5.77. The molecule has 0 saturated heterocycles. The Morgan fingerprint density at radius 2 is 1.78 bits per heavy atom. The Bertz CT molecular complexity index is 915. The van der Waals surface area contributed by atoms with Gasteiger partial charge in [0.2, 0.25) is 0 Å². The number of aromatic nitrogens is 2. The van der Waals surface area contributed by atoms with Crippen molar-refractivity contribution in [3.05, 3.63) is 64.4 Å². The lowest BCUT2D eigenvalue weighted by Crippen LogP contribution is -2.16. The van der Waals surface area contributed by atoms with Gasteiger partial charge < -0.3 is 9.47 Å². The quantitative estimate of drug-likeness (QED) is 0.568. The lowest BCUT2D eigenvalue weighted by atomic mass is 10.1. The lowest BCUT2D eigenvalue weighted by molar-refractivity contribution is -0.137. The summed E-state index contributed by atoms with van der Waals surface area (Å²) in [5.41, 5.74) is 1.44. The number of rotatable bonds is 6. The third-order valence-electron chi connectivity index (χ3n) is 4.42. The van der Waals surface area contributed by atoms with Gasteiger partial charge >= 0.3 is 6.18 Å². The van der Waals surface area contributed by atoms with Gasteiger partial charge in [0.15, 0.2) is 0 Å². The van der Waals surface area contributed by atoms with Crippen molar-refractivity contribution in [2.45, 2.75) is 25.6 Å². The van der Waals surface area contributed by atoms with Gasteiger partial charge in [-0.3, -0.25) is 0 Å². The molecule has 0 saturated carbocycles. The van der Waals surface area contributed by atoms with Crippen LogP contribution in [0.15, 0.2) is 42.5 Å². The van der Waals surface area contributed by atoms with Crippen LogP contribution in [0.1, 0.15) is 23.4 Å². The number of fused-ring (bicyclic) bond motifs is 1. The molecule has 3 nitrogen and oxygen atoms in total. The van der Waals surface area contributed by atoms with Crippen molar-refractivity contribution in [1.29, 1.82) is 0 Å². The summed E-state index contributed by atoms with van der Waals surface area (Å²) in [7, 11) is 3.99. The summed E-state index contributed by atoms with van der Waals surface area (Å²) in [6.45, 7) is 1.59. The second-order valence-corrected chi connectivity index (χ2v) is 7.28. The van der Waals surface area contributed by atoms with Crippen molar-refractivity contribution in [2.75, 3.05) is 20.6 Å². The number of nitrogens with zero attached hydrogens (tertiary/aromatic N) is 3. The average Bonchev–Trinajstić information content (AvgIpc) is 2.92. The maximum atomic E-state index is 13.0. The molecule has 144 valence electrons. The van der Waals surface area contributed by atoms with Crippen LogP contribution in [0.25, 0.3) is 11.0 Å². The second kappa shape index (κ2) is 7.90. The molecule has 0 aliphatic rings. The predicted octanol–water partition coefficient (Wildman–Crippen LogP) is 5.25. The van der Waals surface area contributed by atoms with Crippen LogP contribution in [0.2, 0.25) is 5.02 Å². The molecule has 0 amide bonds. The first kappa shape index (κ1) is 19.7. The number of hydrogen-bond donors (Lipinski definition) is 0. The van der Waals surface area contributed by atoms with Crippen LogP contribution in [0.4, 0.5) is 13.2 Å². The monoisotopic (exact) mass is 395 g/mol. The van der Waals surface area contributed by atoms with E-state index in [1.807, 2.05) is 30.8 Å². The summed E-state index contributed by atoms with van der Waals surface area (Å²) < 4.78 is 41.2. The highest BCUT2D eigenvalue weighted by molar-refractivity contribution is 6.30. The minimum absolute atomic E-state index is 0.374. The van der Waals surface area contributed by atoms with Crippen LogP contribution >= 0.6 is 11.6 Å². The Hall–Kier alpha value is -2.05. The minimum Gasteiger partial charge on any atom is -0.328 e. The number of alkyl halides is 3. The molecule has 3 rings (SSSR count). The van der Waals surface area contributed by atoms with E-state index in [-0.39, 0.29) is 0 Å². The minimum atomic E-state index is -4.38. The van der Waals surface area contributed by atoms with Gasteiger partial charge in [-0.1, -0.05) is 23.7 Å². The predicted molar refractivity (Wildman–Crippen MR) is 102 cm³/mol. The Labute approximate surface area is 161 Å². The van der Waals surface area contributed by atoms with E-state index in [1.165, 1.54) is 6.07 Å². The Balaban J connectivity index is 1.98. The molecule has 7 heteroatoms. The molecule has 2 aromatic carbocycles. The molecule has 1 heterocycles. The van der Waals surface area contributed by atoms with Crippen molar-refractivity contribution in [3.8, 4) is 0 Å². The van der Waals surface area contributed by atoms with Crippen LogP contribution < -0.4 is 0 Å². The average molecular weight is 396 g/mol. The number of imidazole rings is 1. The maximum absolute atomic E-state index is 13.0. The van der Waals surface area contributed by atoms with Crippen LogP contribution in [0.3, 0.4) is 0 Å². The van der Waals surface area contributed by atoms with E-state index in [1.54, 1.807) is 12.1 Å². The van der Waals surface area contributed by atoms with E-state index in [0.29, 0.717) is 23.5 Å². The summed E-state index contributed by atoms with van der Waals surface area (Å²) in [6.07, 6.45) is -2.96. The van der Waals surface area contributed by atoms with Crippen molar-refractivity contribution in [1.82, 2.24) is 14.5 Å². The molecule has 1 aromatic heterocycles. The zero-order valence-corrected chi connectivity index (χ0v) is 16.0. The molecular formula is C20H21ClF3N3. The summed E-state index contributed by atoms with van der Waals surface area (Å²) in [5.74, 6) is 0.755. The van der Waals surface area contributed by atoms with E-state index in [0.717, 1.165) is 42.0 Å². The number of benzene rings is 2. The van der Waals surface area contributed by atoms with Gasteiger partial charge in [-0.05, 0) is 63.0 Å². The van der Waals surface area contributed by atoms with Crippen LogP contribution in [0, 0.1) is 0 Å². The summed E-state index contributed by atoms with van der Waals surface area (Å²) >= 11 is 5.94. The van der Waals surface area contributed by atoms with Gasteiger partial charge in [0.25, 0.3) is 0 Å². The molecule has 0 aliphatic carbocycles. The molecule has 0 fully saturated rings. The fourth-order valence-corrected chi connectivity index (χ4v) is 3.20. The first-order valence-corrected chi connectivity index (χ1v) is 9.07. The SMILES string of the molecule is CN(C)CCCn1c(Cc2ccc(Cl)cc2)nc2cc(C(F)(F)F)ccc21. The van der Waals surface area contributed by atoms with Crippen molar-refractivity contribution < 1.29 is 13.2 Å². The van der Waals surface area contributed by atoms with E-state index in [2.05, 4.69) is 9.88 Å². The van der Waals surface area contributed by atoms with Gasteiger partial charge in [0.05, 0.1) is 16.6 Å². The molecule has 3 aromatic rings. The highest BCUT2D eigenvalue weighted by Crippen LogP contribution is 2.32. The Morgan fingerprint density at radius 3 is 2.41 bits per heavy atom. The molecule has 0 spiro atoms. The molecule has 0 bridgehead atoms. The zero-order chi connectivity index (χ0) is 19.6.